The van der Waals surface area contributed by atoms with Crippen LogP contribution in [0.25, 0.3) is 0 Å². The lowest BCUT2D eigenvalue weighted by Gasteiger charge is -1.85. The predicted octanol–water partition coefficient (Wildman–Crippen LogP) is 2.01. The molecule has 0 saturated carbocycles. The monoisotopic (exact) mass is 94.0 g/mol. The van der Waals surface area contributed by atoms with Gasteiger partial charge in [0.1, 0.15) is 0 Å². The Labute approximate surface area is 36.1 Å². The lowest BCUT2D eigenvalue weighted by Crippen LogP contribution is -1.76. The van der Waals surface area contributed by atoms with E-state index in [1.54, 1.807) is 0 Å². The first-order valence-corrected chi connectivity index (χ1v) is 2.32. The highest BCUT2D eigenvalue weighted by atomic mass is 32.2. The summed E-state index contributed by atoms with van der Waals surface area (Å²) in [6.45, 7) is 3.62. The molecule has 0 atom stereocenters. The van der Waals surface area contributed by atoms with Crippen molar-refractivity contribution in [1.29, 1.82) is 0 Å². The maximum Gasteiger partial charge on any atom is 0.0471 e. The van der Waals surface area contributed by atoms with E-state index in [-0.39, 0.29) is 5.25 Å². The molecule has 0 unspecified atom stereocenters. The highest BCUT2D eigenvalue weighted by molar-refractivity contribution is 7.94. The van der Waals surface area contributed by atoms with Gasteiger partial charge >= 0.3 is 0 Å². The summed E-state index contributed by atoms with van der Waals surface area (Å²) in [6.07, 6.45) is 0. The van der Waals surface area contributed by atoms with Crippen LogP contribution in [-0.4, -0.2) is 5.25 Å². The van der Waals surface area contributed by atoms with Gasteiger partial charge in [-0.1, -0.05) is 13.8 Å². The molecule has 0 aliphatic carbocycles. The SMILES string of the molecule is CC(C)SF. The Hall–Kier alpha value is 0.280. The minimum atomic E-state index is 0.134. The third-order valence-corrected chi connectivity index (χ3v) is 0.535. The molecule has 0 aliphatic heterocycles. The molecule has 0 aromatic heterocycles. The summed E-state index contributed by atoms with van der Waals surface area (Å²) in [6, 6.07) is 0. The first-order valence-electron chi connectivity index (χ1n) is 1.54. The second-order valence-corrected chi connectivity index (χ2v) is 2.26. The van der Waals surface area contributed by atoms with Crippen LogP contribution in [-0.2, 0) is 0 Å². The van der Waals surface area contributed by atoms with E-state index in [4.69, 9.17) is 0 Å². The summed E-state index contributed by atoms with van der Waals surface area (Å²) in [5, 5.41) is 0.134. The lowest BCUT2D eigenvalue weighted by atomic mass is 10.6. The van der Waals surface area contributed by atoms with Crippen molar-refractivity contribution in [2.24, 2.45) is 0 Å². The summed E-state index contributed by atoms with van der Waals surface area (Å²) in [5.74, 6) is 0. The van der Waals surface area contributed by atoms with E-state index in [0.717, 1.165) is 0 Å². The molecule has 0 heterocycles. The molecule has 0 rings (SSSR count). The summed E-state index contributed by atoms with van der Waals surface area (Å²) in [7, 11) is 0. The molecule has 5 heavy (non-hydrogen) atoms. The molecule has 0 aromatic carbocycles. The molecule has 0 aliphatic rings. The van der Waals surface area contributed by atoms with Gasteiger partial charge in [0.15, 0.2) is 0 Å². The molecule has 0 N–H and O–H groups in total. The Morgan fingerprint density at radius 3 is 1.80 bits per heavy atom. The van der Waals surface area contributed by atoms with Gasteiger partial charge in [-0.05, 0) is 0 Å². The molecular formula is C3H7FS. The zero-order valence-electron chi connectivity index (χ0n) is 3.36. The Bertz CT molecular complexity index is 20.9. The molecule has 0 saturated heterocycles. The summed E-state index contributed by atoms with van der Waals surface area (Å²) < 4.78 is 11.0. The second kappa shape index (κ2) is 2.51. The Morgan fingerprint density at radius 2 is 1.80 bits per heavy atom. The quantitative estimate of drug-likeness (QED) is 0.479. The van der Waals surface area contributed by atoms with Crippen LogP contribution in [0.3, 0.4) is 0 Å². The molecular weight excluding hydrogens is 87.1 g/mol. The summed E-state index contributed by atoms with van der Waals surface area (Å²) >= 11 is 0.380. The largest absolute Gasteiger partial charge is 0.165 e. The van der Waals surface area contributed by atoms with E-state index < -0.39 is 0 Å². The van der Waals surface area contributed by atoms with E-state index in [1.165, 1.54) is 0 Å². The third-order valence-electron chi connectivity index (χ3n) is 0.178. The zero-order chi connectivity index (χ0) is 4.28. The van der Waals surface area contributed by atoms with Gasteiger partial charge in [-0.15, -0.1) is 0 Å². The van der Waals surface area contributed by atoms with Crippen LogP contribution in [0.15, 0.2) is 0 Å². The normalized spacial score (nSPS) is 9.60. The van der Waals surface area contributed by atoms with Crippen molar-refractivity contribution in [3.05, 3.63) is 0 Å². The number of rotatable bonds is 1. The van der Waals surface area contributed by atoms with E-state index >= 15 is 0 Å². The van der Waals surface area contributed by atoms with Crippen molar-refractivity contribution in [1.82, 2.24) is 0 Å². The first kappa shape index (κ1) is 5.28. The highest BCUT2D eigenvalue weighted by Crippen LogP contribution is 2.07. The lowest BCUT2D eigenvalue weighted by molar-refractivity contribution is 0.906. The Kier molecular flexibility index (Phi) is 2.65. The molecule has 0 bridgehead atoms. The Balaban J connectivity index is 2.54. The van der Waals surface area contributed by atoms with Gasteiger partial charge in [-0.3, -0.25) is 0 Å². The number of hydrogen-bond donors (Lipinski definition) is 0. The van der Waals surface area contributed by atoms with Gasteiger partial charge in [-0.2, -0.15) is 3.89 Å². The molecule has 0 aromatic rings. The van der Waals surface area contributed by atoms with E-state index in [9.17, 15) is 3.89 Å². The van der Waals surface area contributed by atoms with Crippen molar-refractivity contribution >= 4 is 12.1 Å². The predicted molar refractivity (Wildman–Crippen MR) is 23.8 cm³/mol. The number of hydrogen-bond acceptors (Lipinski definition) is 1. The van der Waals surface area contributed by atoms with E-state index in [1.807, 2.05) is 13.8 Å². The maximum absolute atomic E-state index is 11.0. The van der Waals surface area contributed by atoms with Crippen LogP contribution in [0.2, 0.25) is 0 Å². The van der Waals surface area contributed by atoms with Gasteiger partial charge in [0.05, 0.1) is 0 Å². The second-order valence-electron chi connectivity index (χ2n) is 1.14. The average Bonchev–Trinajstić information content (AvgIpc) is 1.38. The molecule has 0 fully saturated rings. The average molecular weight is 94.2 g/mol. The van der Waals surface area contributed by atoms with E-state index in [0.29, 0.717) is 12.1 Å². The summed E-state index contributed by atoms with van der Waals surface area (Å²) in [4.78, 5) is 0. The Morgan fingerprint density at radius 1 is 1.60 bits per heavy atom. The minimum Gasteiger partial charge on any atom is -0.165 e. The number of halogens is 1. The fraction of sp³-hybridized carbons (Fsp3) is 1.00. The van der Waals surface area contributed by atoms with Crippen LogP contribution in [0.1, 0.15) is 13.8 Å². The van der Waals surface area contributed by atoms with Gasteiger partial charge in [0.2, 0.25) is 0 Å². The fourth-order valence-electron chi connectivity index (χ4n) is 0. The van der Waals surface area contributed by atoms with Gasteiger partial charge in [-0.25, -0.2) is 0 Å². The minimum absolute atomic E-state index is 0.134. The van der Waals surface area contributed by atoms with Gasteiger partial charge < -0.3 is 0 Å². The summed E-state index contributed by atoms with van der Waals surface area (Å²) in [5.41, 5.74) is 0. The van der Waals surface area contributed by atoms with Crippen LogP contribution in [0.4, 0.5) is 3.89 Å². The van der Waals surface area contributed by atoms with Crippen LogP contribution in [0.5, 0.6) is 0 Å². The van der Waals surface area contributed by atoms with Gasteiger partial charge in [0, 0.05) is 17.4 Å². The highest BCUT2D eigenvalue weighted by Gasteiger charge is 1.85. The zero-order valence-corrected chi connectivity index (χ0v) is 4.18. The molecule has 0 amide bonds. The third kappa shape index (κ3) is 4.28. The standard InChI is InChI=1S/C3H7FS/c1-3(2)5-4/h3H,1-2H3. The van der Waals surface area contributed by atoms with E-state index in [2.05, 4.69) is 0 Å². The molecule has 0 spiro atoms. The maximum atomic E-state index is 11.0. The molecule has 2 heteroatoms. The van der Waals surface area contributed by atoms with Gasteiger partial charge in [0.25, 0.3) is 0 Å². The van der Waals surface area contributed by atoms with Crippen molar-refractivity contribution < 1.29 is 3.89 Å². The van der Waals surface area contributed by atoms with Crippen molar-refractivity contribution in [3.8, 4) is 0 Å². The topological polar surface area (TPSA) is 0 Å². The molecule has 32 valence electrons. The van der Waals surface area contributed by atoms with Crippen LogP contribution < -0.4 is 0 Å². The van der Waals surface area contributed by atoms with Crippen molar-refractivity contribution in [2.75, 3.05) is 0 Å². The molecule has 0 radical (unpaired) electrons. The smallest absolute Gasteiger partial charge is 0.0471 e. The van der Waals surface area contributed by atoms with Crippen LogP contribution >= 0.6 is 12.1 Å². The first-order chi connectivity index (χ1) is 2.27. The fourth-order valence-corrected chi connectivity index (χ4v) is 0. The van der Waals surface area contributed by atoms with Crippen LogP contribution in [0, 0.1) is 0 Å². The van der Waals surface area contributed by atoms with Crippen molar-refractivity contribution in [3.63, 3.8) is 0 Å². The molecule has 0 nitrogen and oxygen atoms in total. The van der Waals surface area contributed by atoms with Crippen molar-refractivity contribution in [2.45, 2.75) is 19.1 Å².